The highest BCUT2D eigenvalue weighted by molar-refractivity contribution is 6.63. The van der Waals surface area contributed by atoms with Crippen LogP contribution in [0.1, 0.15) is 0 Å². The summed E-state index contributed by atoms with van der Waals surface area (Å²) >= 11 is 0. The maximum absolute atomic E-state index is 9.71. The van der Waals surface area contributed by atoms with E-state index in [1.807, 2.05) is 121 Å². The first-order valence-electron chi connectivity index (χ1n) is 14.4. The van der Waals surface area contributed by atoms with Crippen LogP contribution < -0.4 is 10.9 Å². The van der Waals surface area contributed by atoms with E-state index in [9.17, 15) is 20.1 Å². The molecule has 44 heavy (non-hydrogen) atoms. The summed E-state index contributed by atoms with van der Waals surface area (Å²) in [5.41, 5.74) is 7.22. The average Bonchev–Trinajstić information content (AvgIpc) is 3.59. The lowest BCUT2D eigenvalue weighted by atomic mass is 9.77. The second kappa shape index (κ2) is 11.5. The zero-order chi connectivity index (χ0) is 30.2. The van der Waals surface area contributed by atoms with Crippen molar-refractivity contribution in [3.8, 4) is 11.4 Å². The Hall–Kier alpha value is -5.11. The minimum atomic E-state index is -1.49. The van der Waals surface area contributed by atoms with Gasteiger partial charge >= 0.3 is 14.2 Å². The molecule has 2 heterocycles. The lowest BCUT2D eigenvalue weighted by molar-refractivity contribution is 0.425. The molecule has 212 valence electrons. The maximum Gasteiger partial charge on any atom is 0.489 e. The van der Waals surface area contributed by atoms with Crippen LogP contribution in [0.3, 0.4) is 0 Å². The van der Waals surface area contributed by atoms with E-state index < -0.39 is 14.2 Å². The van der Waals surface area contributed by atoms with E-state index >= 15 is 0 Å². The van der Waals surface area contributed by atoms with Gasteiger partial charge in [0.25, 0.3) is 0 Å². The molecule has 8 aromatic rings. The number of rotatable bonds is 4. The van der Waals surface area contributed by atoms with E-state index in [1.54, 1.807) is 12.1 Å². The molecule has 6 nitrogen and oxygen atoms in total. The Bertz CT molecular complexity index is 2080. The molecule has 4 N–H and O–H groups in total. The van der Waals surface area contributed by atoms with Crippen LogP contribution in [0.2, 0.25) is 0 Å². The molecule has 0 aliphatic carbocycles. The fourth-order valence-corrected chi connectivity index (χ4v) is 6.23. The molecule has 0 radical (unpaired) electrons. The molecule has 0 atom stereocenters. The van der Waals surface area contributed by atoms with Gasteiger partial charge in [-0.2, -0.15) is 0 Å². The molecule has 8 rings (SSSR count). The largest absolute Gasteiger partial charge is 0.489 e. The van der Waals surface area contributed by atoms with Gasteiger partial charge in [-0.1, -0.05) is 97.1 Å². The van der Waals surface area contributed by atoms with Gasteiger partial charge in [-0.3, -0.25) is 0 Å². The summed E-state index contributed by atoms with van der Waals surface area (Å²) in [5.74, 6) is 0. The summed E-state index contributed by atoms with van der Waals surface area (Å²) < 4.78 is 4.30. The van der Waals surface area contributed by atoms with Gasteiger partial charge in [0.05, 0.1) is 22.1 Å². The fourth-order valence-electron chi connectivity index (χ4n) is 6.23. The number of nitrogens with zero attached hydrogens (tertiary/aromatic N) is 2. The molecule has 0 aliphatic rings. The molecule has 0 unspecified atom stereocenters. The zero-order valence-corrected chi connectivity index (χ0v) is 23.7. The van der Waals surface area contributed by atoms with Crippen LogP contribution in [0.5, 0.6) is 0 Å². The number of para-hydroxylation sites is 4. The minimum absolute atomic E-state index is 0.531. The van der Waals surface area contributed by atoms with Crippen molar-refractivity contribution in [3.05, 3.63) is 146 Å². The molecule has 8 heteroatoms. The van der Waals surface area contributed by atoms with Crippen molar-refractivity contribution in [2.45, 2.75) is 0 Å². The smallest absolute Gasteiger partial charge is 0.423 e. The van der Waals surface area contributed by atoms with Gasteiger partial charge in [0.2, 0.25) is 0 Å². The SMILES string of the molecule is OB(O)c1cccc2c1c1ccccc1n2-c1ccccc1.OB(O)c1cccc2c1c1ccccc1n2-c1ccccc1. The van der Waals surface area contributed by atoms with Crippen molar-refractivity contribution < 1.29 is 20.1 Å². The molecule has 6 aromatic carbocycles. The third kappa shape index (κ3) is 4.67. The third-order valence-electron chi connectivity index (χ3n) is 8.04. The average molecular weight is 574 g/mol. The molecule has 0 saturated heterocycles. The van der Waals surface area contributed by atoms with E-state index in [4.69, 9.17) is 0 Å². The monoisotopic (exact) mass is 574 g/mol. The van der Waals surface area contributed by atoms with Crippen LogP contribution in [0.25, 0.3) is 55.0 Å². The molecule has 0 aliphatic heterocycles. The summed E-state index contributed by atoms with van der Waals surface area (Å²) in [6, 6.07) is 47.5. The van der Waals surface area contributed by atoms with Gasteiger partial charge in [0, 0.05) is 32.9 Å². The first kappa shape index (κ1) is 27.7. The van der Waals surface area contributed by atoms with Crippen molar-refractivity contribution in [2.24, 2.45) is 0 Å². The summed E-state index contributed by atoms with van der Waals surface area (Å²) in [7, 11) is -2.97. The highest BCUT2D eigenvalue weighted by atomic mass is 16.4. The normalized spacial score (nSPS) is 11.2. The molecular formula is C36H28B2N2O4. The highest BCUT2D eigenvalue weighted by Gasteiger charge is 2.21. The van der Waals surface area contributed by atoms with Crippen LogP contribution >= 0.6 is 0 Å². The van der Waals surface area contributed by atoms with Gasteiger partial charge in [-0.05, 0) is 59.5 Å². The second-order valence-corrected chi connectivity index (χ2v) is 10.6. The molecule has 0 saturated carbocycles. The van der Waals surface area contributed by atoms with Crippen LogP contribution in [-0.2, 0) is 0 Å². The maximum atomic E-state index is 9.71. The van der Waals surface area contributed by atoms with Crippen LogP contribution in [0.15, 0.2) is 146 Å². The molecular weight excluding hydrogens is 546 g/mol. The molecule has 2 aromatic heterocycles. The predicted octanol–water partition coefficient (Wildman–Crippen LogP) is 4.93. The Balaban J connectivity index is 0.000000142. The Morgan fingerprint density at radius 1 is 0.341 bits per heavy atom. The molecule has 0 spiro atoms. The van der Waals surface area contributed by atoms with Gasteiger partial charge in [0.1, 0.15) is 0 Å². The van der Waals surface area contributed by atoms with Crippen molar-refractivity contribution in [1.29, 1.82) is 0 Å². The Kier molecular flexibility index (Phi) is 7.26. The Morgan fingerprint density at radius 3 is 1.07 bits per heavy atom. The Morgan fingerprint density at radius 2 is 0.682 bits per heavy atom. The van der Waals surface area contributed by atoms with E-state index in [2.05, 4.69) is 21.3 Å². The lowest BCUT2D eigenvalue weighted by Crippen LogP contribution is -2.30. The van der Waals surface area contributed by atoms with Gasteiger partial charge < -0.3 is 29.2 Å². The number of benzene rings is 6. The number of fused-ring (bicyclic) bond motifs is 6. The first-order chi connectivity index (χ1) is 21.5. The van der Waals surface area contributed by atoms with Gasteiger partial charge in [-0.15, -0.1) is 0 Å². The van der Waals surface area contributed by atoms with Crippen LogP contribution in [0.4, 0.5) is 0 Å². The summed E-state index contributed by atoms with van der Waals surface area (Å²) in [4.78, 5) is 0. The summed E-state index contributed by atoms with van der Waals surface area (Å²) in [6.07, 6.45) is 0. The summed E-state index contributed by atoms with van der Waals surface area (Å²) in [6.45, 7) is 0. The number of aromatic nitrogens is 2. The van der Waals surface area contributed by atoms with Crippen molar-refractivity contribution in [2.75, 3.05) is 0 Å². The third-order valence-corrected chi connectivity index (χ3v) is 8.04. The standard InChI is InChI=1S/2C18H14BNO2/c2*21-19(22)15-10-6-12-17-18(15)14-9-4-5-11-16(14)20(17)13-7-2-1-3-8-13/h2*1-12,21-22H. The summed E-state index contributed by atoms with van der Waals surface area (Å²) in [5, 5.41) is 42.6. The second-order valence-electron chi connectivity index (χ2n) is 10.6. The van der Waals surface area contributed by atoms with Crippen molar-refractivity contribution >= 4 is 68.8 Å². The van der Waals surface area contributed by atoms with E-state index in [0.717, 1.165) is 55.0 Å². The molecule has 0 bridgehead atoms. The lowest BCUT2D eigenvalue weighted by Gasteiger charge is -2.08. The fraction of sp³-hybridized carbons (Fsp3) is 0. The van der Waals surface area contributed by atoms with Crippen molar-refractivity contribution in [3.63, 3.8) is 0 Å². The van der Waals surface area contributed by atoms with Gasteiger partial charge in [-0.25, -0.2) is 0 Å². The van der Waals surface area contributed by atoms with E-state index in [-0.39, 0.29) is 0 Å². The predicted molar refractivity (Wildman–Crippen MR) is 181 cm³/mol. The van der Waals surface area contributed by atoms with Crippen LogP contribution in [0, 0.1) is 0 Å². The van der Waals surface area contributed by atoms with Crippen molar-refractivity contribution in [1.82, 2.24) is 9.13 Å². The number of hydrogen-bond donors (Lipinski definition) is 4. The quantitative estimate of drug-likeness (QED) is 0.225. The van der Waals surface area contributed by atoms with Crippen LogP contribution in [-0.4, -0.2) is 43.5 Å². The zero-order valence-electron chi connectivity index (χ0n) is 23.7. The van der Waals surface area contributed by atoms with E-state index in [0.29, 0.717) is 10.9 Å². The number of hydrogen-bond acceptors (Lipinski definition) is 4. The minimum Gasteiger partial charge on any atom is -0.423 e. The first-order valence-corrected chi connectivity index (χ1v) is 14.4. The van der Waals surface area contributed by atoms with E-state index in [1.165, 1.54) is 0 Å². The topological polar surface area (TPSA) is 90.8 Å². The molecule has 0 fully saturated rings. The molecule has 0 amide bonds. The Labute approximate surface area is 254 Å². The highest BCUT2D eigenvalue weighted by Crippen LogP contribution is 2.32. The van der Waals surface area contributed by atoms with Gasteiger partial charge in [0.15, 0.2) is 0 Å².